The Hall–Kier alpha value is -2.63. The first-order chi connectivity index (χ1) is 17.0. The zero-order chi connectivity index (χ0) is 27.8. The Morgan fingerprint density at radius 2 is 1.50 bits per heavy atom. The standard InChI is InChI=1S/C26H37ClO3.C4H8O2/c1-21(2)13-7-5-6-8-16-24(28)20-19-23(4)25(27)17-11-9-14-22(3)15-10-12-18-26(29)30;1-2-3-4(5)6/h5-7,9-15,17-18,21,23-24,28H,8,16,19-20H2,1-4H3,(H,29,30);2-3H2,1H3,(H,5,6)/b6-5+,11-9+,13-7+,15-10+,18-12+,22-14+,25-17-;. The van der Waals surface area contributed by atoms with Crippen LogP contribution >= 0.6 is 11.6 Å². The van der Waals surface area contributed by atoms with Crippen molar-refractivity contribution in [2.45, 2.75) is 79.2 Å². The zero-order valence-electron chi connectivity index (χ0n) is 22.4. The summed E-state index contributed by atoms with van der Waals surface area (Å²) in [5.74, 6) is -0.924. The van der Waals surface area contributed by atoms with Crippen LogP contribution in [-0.2, 0) is 9.59 Å². The minimum atomic E-state index is -0.964. The molecule has 0 heterocycles. The fraction of sp³-hybridized carbons (Fsp3) is 0.467. The number of halogens is 1. The van der Waals surface area contributed by atoms with E-state index in [1.807, 2.05) is 50.3 Å². The van der Waals surface area contributed by atoms with E-state index in [1.54, 1.807) is 6.08 Å². The summed E-state index contributed by atoms with van der Waals surface area (Å²) in [6, 6.07) is 0. The molecule has 0 aromatic heterocycles. The average molecular weight is 521 g/mol. The molecular weight excluding hydrogens is 476 g/mol. The van der Waals surface area contributed by atoms with E-state index in [-0.39, 0.29) is 12.0 Å². The summed E-state index contributed by atoms with van der Waals surface area (Å²) in [5.41, 5.74) is 0.996. The molecule has 0 aliphatic rings. The van der Waals surface area contributed by atoms with E-state index < -0.39 is 11.9 Å². The van der Waals surface area contributed by atoms with E-state index >= 15 is 0 Å². The third-order valence-corrected chi connectivity index (χ3v) is 5.21. The Bertz CT molecular complexity index is 813. The minimum absolute atomic E-state index is 0.196. The number of hydrogen-bond donors (Lipinski definition) is 3. The molecule has 0 fully saturated rings. The van der Waals surface area contributed by atoms with Crippen LogP contribution in [0, 0.1) is 11.8 Å². The molecule has 0 aliphatic heterocycles. The van der Waals surface area contributed by atoms with Gasteiger partial charge in [-0.1, -0.05) is 106 Å². The number of carboxylic acid groups (broad SMARTS) is 2. The van der Waals surface area contributed by atoms with Crippen LogP contribution in [0.15, 0.2) is 83.5 Å². The van der Waals surface area contributed by atoms with Crippen molar-refractivity contribution in [2.24, 2.45) is 11.8 Å². The van der Waals surface area contributed by atoms with Gasteiger partial charge >= 0.3 is 11.9 Å². The third-order valence-electron chi connectivity index (χ3n) is 4.71. The van der Waals surface area contributed by atoms with Gasteiger partial charge in [0, 0.05) is 17.5 Å². The van der Waals surface area contributed by atoms with Crippen molar-refractivity contribution in [2.75, 3.05) is 0 Å². The Kier molecular flexibility index (Phi) is 23.8. The number of hydrogen-bond acceptors (Lipinski definition) is 3. The monoisotopic (exact) mass is 520 g/mol. The Morgan fingerprint density at radius 3 is 2.06 bits per heavy atom. The zero-order valence-corrected chi connectivity index (χ0v) is 23.2. The molecule has 2 atom stereocenters. The third kappa shape index (κ3) is 27.6. The minimum Gasteiger partial charge on any atom is -0.481 e. The average Bonchev–Trinajstić information content (AvgIpc) is 2.80. The van der Waals surface area contributed by atoms with Gasteiger partial charge in [-0.05, 0) is 56.9 Å². The van der Waals surface area contributed by atoms with Crippen LogP contribution in [0.1, 0.15) is 73.1 Å². The number of aliphatic carboxylic acids is 2. The largest absolute Gasteiger partial charge is 0.481 e. The molecule has 0 radical (unpaired) electrons. The second-order valence-electron chi connectivity index (χ2n) is 8.81. The van der Waals surface area contributed by atoms with Crippen molar-refractivity contribution < 1.29 is 24.9 Å². The molecule has 3 N–H and O–H groups in total. The second kappa shape index (κ2) is 24.1. The Morgan fingerprint density at radius 1 is 0.861 bits per heavy atom. The van der Waals surface area contributed by atoms with E-state index in [9.17, 15) is 14.7 Å². The maximum absolute atomic E-state index is 10.4. The predicted molar refractivity (Wildman–Crippen MR) is 152 cm³/mol. The smallest absolute Gasteiger partial charge is 0.328 e. The highest BCUT2D eigenvalue weighted by atomic mass is 35.5. The van der Waals surface area contributed by atoms with Gasteiger partial charge in [-0.15, -0.1) is 0 Å². The van der Waals surface area contributed by atoms with Gasteiger partial charge in [0.25, 0.3) is 0 Å². The van der Waals surface area contributed by atoms with E-state index in [0.29, 0.717) is 12.3 Å². The highest BCUT2D eigenvalue weighted by Gasteiger charge is 2.09. The van der Waals surface area contributed by atoms with Crippen LogP contribution in [0.2, 0.25) is 0 Å². The molecule has 0 bridgehead atoms. The van der Waals surface area contributed by atoms with E-state index in [2.05, 4.69) is 39.0 Å². The van der Waals surface area contributed by atoms with Crippen molar-refractivity contribution in [3.8, 4) is 0 Å². The Labute approximate surface area is 223 Å². The van der Waals surface area contributed by atoms with Crippen molar-refractivity contribution in [1.29, 1.82) is 0 Å². The summed E-state index contributed by atoms with van der Waals surface area (Å²) in [6.07, 6.45) is 25.9. The first-order valence-corrected chi connectivity index (χ1v) is 12.9. The SMILES string of the molecule is CC(/C=C/C=C/C(=O)O)=C\C=C\C=C(/Cl)C(C)CCC(O)CC/C=C/C=C/C(C)C.CCCC(=O)O. The topological polar surface area (TPSA) is 94.8 Å². The molecule has 0 saturated carbocycles. The molecule has 5 nitrogen and oxygen atoms in total. The van der Waals surface area contributed by atoms with E-state index in [1.165, 1.54) is 6.08 Å². The molecule has 0 saturated heterocycles. The molecule has 36 heavy (non-hydrogen) atoms. The lowest BCUT2D eigenvalue weighted by molar-refractivity contribution is -0.137. The Balaban J connectivity index is 0. The van der Waals surface area contributed by atoms with Gasteiger partial charge in [-0.2, -0.15) is 0 Å². The number of carbonyl (C=O) groups is 2. The summed E-state index contributed by atoms with van der Waals surface area (Å²) < 4.78 is 0. The molecule has 0 amide bonds. The molecule has 0 aromatic carbocycles. The van der Waals surface area contributed by atoms with Gasteiger partial charge in [0.2, 0.25) is 0 Å². The number of allylic oxidation sites excluding steroid dienone is 13. The molecule has 0 rings (SSSR count). The van der Waals surface area contributed by atoms with Crippen molar-refractivity contribution in [3.05, 3.63) is 83.5 Å². The first kappa shape index (κ1) is 35.5. The summed E-state index contributed by atoms with van der Waals surface area (Å²) in [6.45, 7) is 10.1. The van der Waals surface area contributed by atoms with Gasteiger partial charge in [-0.3, -0.25) is 4.79 Å². The number of aliphatic hydroxyl groups excluding tert-OH is 1. The highest BCUT2D eigenvalue weighted by molar-refractivity contribution is 6.29. The number of carboxylic acids is 2. The normalized spacial score (nSPS) is 14.9. The van der Waals surface area contributed by atoms with Gasteiger partial charge in [0.05, 0.1) is 6.10 Å². The van der Waals surface area contributed by atoms with Crippen molar-refractivity contribution in [1.82, 2.24) is 0 Å². The lowest BCUT2D eigenvalue weighted by atomic mass is 10.00. The van der Waals surface area contributed by atoms with Crippen LogP contribution in [-0.4, -0.2) is 33.4 Å². The van der Waals surface area contributed by atoms with Gasteiger partial charge in [0.15, 0.2) is 0 Å². The van der Waals surface area contributed by atoms with Gasteiger partial charge < -0.3 is 15.3 Å². The molecule has 202 valence electrons. The molecular formula is C30H45ClO5. The van der Waals surface area contributed by atoms with Gasteiger partial charge in [0.1, 0.15) is 0 Å². The van der Waals surface area contributed by atoms with Crippen LogP contribution < -0.4 is 0 Å². The molecule has 6 heteroatoms. The van der Waals surface area contributed by atoms with E-state index in [0.717, 1.165) is 48.8 Å². The predicted octanol–water partition coefficient (Wildman–Crippen LogP) is 8.01. The summed E-state index contributed by atoms with van der Waals surface area (Å²) in [5, 5.41) is 27.3. The maximum atomic E-state index is 10.4. The quantitative estimate of drug-likeness (QED) is 0.141. The lowest BCUT2D eigenvalue weighted by Crippen LogP contribution is -2.08. The maximum Gasteiger partial charge on any atom is 0.328 e. The second-order valence-corrected chi connectivity index (χ2v) is 9.25. The van der Waals surface area contributed by atoms with E-state index in [4.69, 9.17) is 21.8 Å². The van der Waals surface area contributed by atoms with Crippen molar-refractivity contribution >= 4 is 23.5 Å². The molecule has 2 unspecified atom stereocenters. The lowest BCUT2D eigenvalue weighted by Gasteiger charge is -2.13. The number of rotatable bonds is 16. The molecule has 0 aromatic rings. The van der Waals surface area contributed by atoms with Crippen LogP contribution in [0.3, 0.4) is 0 Å². The van der Waals surface area contributed by atoms with Crippen LogP contribution in [0.4, 0.5) is 0 Å². The molecule has 0 spiro atoms. The van der Waals surface area contributed by atoms with Gasteiger partial charge in [-0.25, -0.2) is 4.79 Å². The van der Waals surface area contributed by atoms with Crippen molar-refractivity contribution in [3.63, 3.8) is 0 Å². The summed E-state index contributed by atoms with van der Waals surface area (Å²) in [4.78, 5) is 20.0. The summed E-state index contributed by atoms with van der Waals surface area (Å²) in [7, 11) is 0. The fourth-order valence-corrected chi connectivity index (χ4v) is 2.79. The fourth-order valence-electron chi connectivity index (χ4n) is 2.61. The highest BCUT2D eigenvalue weighted by Crippen LogP contribution is 2.22. The summed E-state index contributed by atoms with van der Waals surface area (Å²) >= 11 is 6.36. The van der Waals surface area contributed by atoms with Crippen LogP contribution in [0.25, 0.3) is 0 Å². The van der Waals surface area contributed by atoms with Crippen LogP contribution in [0.5, 0.6) is 0 Å². The molecule has 0 aliphatic carbocycles. The first-order valence-electron chi connectivity index (χ1n) is 12.5. The number of aliphatic hydroxyl groups is 1.